The SMILES string of the molecule is CC(C)(C)OC(=O)N[C@@H](CN)c1ccc(F)cc1F. The van der Waals surface area contributed by atoms with E-state index in [-0.39, 0.29) is 12.1 Å². The van der Waals surface area contributed by atoms with Crippen molar-refractivity contribution >= 4 is 6.09 Å². The maximum Gasteiger partial charge on any atom is 0.408 e. The molecule has 19 heavy (non-hydrogen) atoms. The van der Waals surface area contributed by atoms with Gasteiger partial charge in [0.15, 0.2) is 0 Å². The lowest BCUT2D eigenvalue weighted by molar-refractivity contribution is 0.0504. The second-order valence-corrected chi connectivity index (χ2v) is 5.10. The molecule has 0 aliphatic rings. The molecule has 0 aromatic heterocycles. The Balaban J connectivity index is 2.81. The minimum atomic E-state index is -0.768. The summed E-state index contributed by atoms with van der Waals surface area (Å²) >= 11 is 0. The van der Waals surface area contributed by atoms with E-state index in [1.807, 2.05) is 0 Å². The lowest BCUT2D eigenvalue weighted by atomic mass is 10.1. The molecule has 0 aliphatic heterocycles. The van der Waals surface area contributed by atoms with Crippen molar-refractivity contribution in [1.29, 1.82) is 0 Å². The van der Waals surface area contributed by atoms with Crippen LogP contribution in [-0.2, 0) is 4.74 Å². The summed E-state index contributed by atoms with van der Waals surface area (Å²) in [5.41, 5.74) is 4.95. The Kier molecular flexibility index (Phi) is 4.83. The molecule has 0 saturated carbocycles. The predicted octanol–water partition coefficient (Wildman–Crippen LogP) is 2.49. The highest BCUT2D eigenvalue weighted by molar-refractivity contribution is 5.68. The van der Waals surface area contributed by atoms with Gasteiger partial charge in [-0.3, -0.25) is 0 Å². The molecule has 1 atom stereocenters. The summed E-state index contributed by atoms with van der Waals surface area (Å²) in [6.07, 6.45) is -0.702. The fourth-order valence-electron chi connectivity index (χ4n) is 1.50. The summed E-state index contributed by atoms with van der Waals surface area (Å²) < 4.78 is 31.5. The summed E-state index contributed by atoms with van der Waals surface area (Å²) in [5.74, 6) is -1.44. The van der Waals surface area contributed by atoms with Crippen LogP contribution in [0.15, 0.2) is 18.2 Å². The number of benzene rings is 1. The van der Waals surface area contributed by atoms with Gasteiger partial charge in [-0.15, -0.1) is 0 Å². The molecule has 3 N–H and O–H groups in total. The van der Waals surface area contributed by atoms with Crippen molar-refractivity contribution in [2.45, 2.75) is 32.4 Å². The topological polar surface area (TPSA) is 64.3 Å². The summed E-state index contributed by atoms with van der Waals surface area (Å²) in [6.45, 7) is 5.11. The van der Waals surface area contributed by atoms with Gasteiger partial charge in [0, 0.05) is 18.2 Å². The Morgan fingerprint density at radius 2 is 2.05 bits per heavy atom. The molecule has 0 bridgehead atoms. The van der Waals surface area contributed by atoms with E-state index in [2.05, 4.69) is 5.32 Å². The average molecular weight is 272 g/mol. The molecule has 1 amide bonds. The molecule has 1 rings (SSSR count). The van der Waals surface area contributed by atoms with Crippen LogP contribution in [0, 0.1) is 11.6 Å². The van der Waals surface area contributed by atoms with Gasteiger partial charge in [0.05, 0.1) is 6.04 Å². The van der Waals surface area contributed by atoms with Crippen LogP contribution in [0.2, 0.25) is 0 Å². The van der Waals surface area contributed by atoms with Gasteiger partial charge in [-0.1, -0.05) is 6.07 Å². The third-order valence-corrected chi connectivity index (χ3v) is 2.26. The number of halogens is 2. The highest BCUT2D eigenvalue weighted by atomic mass is 19.1. The van der Waals surface area contributed by atoms with Gasteiger partial charge >= 0.3 is 6.09 Å². The third kappa shape index (κ3) is 4.82. The summed E-state index contributed by atoms with van der Waals surface area (Å²) in [5, 5.41) is 2.45. The van der Waals surface area contributed by atoms with Crippen LogP contribution >= 0.6 is 0 Å². The second-order valence-electron chi connectivity index (χ2n) is 5.10. The Morgan fingerprint density at radius 3 is 2.53 bits per heavy atom. The molecule has 106 valence electrons. The van der Waals surface area contributed by atoms with Crippen molar-refractivity contribution < 1.29 is 18.3 Å². The van der Waals surface area contributed by atoms with Gasteiger partial charge in [0.1, 0.15) is 17.2 Å². The lowest BCUT2D eigenvalue weighted by Crippen LogP contribution is -2.38. The summed E-state index contributed by atoms with van der Waals surface area (Å²) in [4.78, 5) is 11.6. The number of carbonyl (C=O) groups is 1. The Morgan fingerprint density at radius 1 is 1.42 bits per heavy atom. The van der Waals surface area contributed by atoms with Gasteiger partial charge in [-0.05, 0) is 26.8 Å². The Hall–Kier alpha value is -1.69. The zero-order valence-corrected chi connectivity index (χ0v) is 11.2. The number of hydrogen-bond donors (Lipinski definition) is 2. The molecule has 0 unspecified atom stereocenters. The van der Waals surface area contributed by atoms with E-state index in [0.29, 0.717) is 0 Å². The van der Waals surface area contributed by atoms with Crippen LogP contribution in [0.25, 0.3) is 0 Å². The number of ether oxygens (including phenoxy) is 1. The van der Waals surface area contributed by atoms with Crippen molar-refractivity contribution in [2.75, 3.05) is 6.54 Å². The van der Waals surface area contributed by atoms with Gasteiger partial charge in [-0.2, -0.15) is 0 Å². The quantitative estimate of drug-likeness (QED) is 0.888. The molecule has 0 spiro atoms. The molecule has 6 heteroatoms. The van der Waals surface area contributed by atoms with E-state index in [4.69, 9.17) is 10.5 Å². The first-order valence-corrected chi connectivity index (χ1v) is 5.87. The van der Waals surface area contributed by atoms with Crippen LogP contribution in [0.3, 0.4) is 0 Å². The number of rotatable bonds is 3. The van der Waals surface area contributed by atoms with Gasteiger partial charge in [0.2, 0.25) is 0 Å². The number of amides is 1. The maximum absolute atomic E-state index is 13.6. The summed E-state index contributed by atoms with van der Waals surface area (Å²) in [6, 6.07) is 2.34. The van der Waals surface area contributed by atoms with Crippen LogP contribution in [0.1, 0.15) is 32.4 Å². The molecule has 0 fully saturated rings. The Bertz CT molecular complexity index is 458. The molecule has 0 aliphatic carbocycles. The maximum atomic E-state index is 13.6. The van der Waals surface area contributed by atoms with Crippen LogP contribution in [0.4, 0.5) is 13.6 Å². The van der Waals surface area contributed by atoms with Gasteiger partial charge in [0.25, 0.3) is 0 Å². The van der Waals surface area contributed by atoms with Crippen molar-refractivity contribution in [3.8, 4) is 0 Å². The first-order chi connectivity index (χ1) is 8.73. The minimum absolute atomic E-state index is 0.0260. The van der Waals surface area contributed by atoms with Crippen molar-refractivity contribution in [3.05, 3.63) is 35.4 Å². The Labute approximate surface area is 110 Å². The van der Waals surface area contributed by atoms with E-state index >= 15 is 0 Å². The highest BCUT2D eigenvalue weighted by Crippen LogP contribution is 2.18. The van der Waals surface area contributed by atoms with Crippen LogP contribution < -0.4 is 11.1 Å². The zero-order valence-electron chi connectivity index (χ0n) is 11.2. The number of alkyl carbamates (subject to hydrolysis) is 1. The van der Waals surface area contributed by atoms with E-state index < -0.39 is 29.4 Å². The largest absolute Gasteiger partial charge is 0.444 e. The fraction of sp³-hybridized carbons (Fsp3) is 0.462. The first-order valence-electron chi connectivity index (χ1n) is 5.87. The first kappa shape index (κ1) is 15.4. The van der Waals surface area contributed by atoms with E-state index in [0.717, 1.165) is 12.1 Å². The zero-order chi connectivity index (χ0) is 14.6. The monoisotopic (exact) mass is 272 g/mol. The summed E-state index contributed by atoms with van der Waals surface area (Å²) in [7, 11) is 0. The molecular formula is C13H18F2N2O2. The standard InChI is InChI=1S/C13H18F2N2O2/c1-13(2,3)19-12(18)17-11(7-16)9-5-4-8(14)6-10(9)15/h4-6,11H,7,16H2,1-3H3,(H,17,18)/t11-/m0/s1. The smallest absolute Gasteiger partial charge is 0.408 e. The van der Waals surface area contributed by atoms with Crippen LogP contribution in [-0.4, -0.2) is 18.2 Å². The molecule has 1 aromatic rings. The van der Waals surface area contributed by atoms with E-state index in [9.17, 15) is 13.6 Å². The molecule has 4 nitrogen and oxygen atoms in total. The lowest BCUT2D eigenvalue weighted by Gasteiger charge is -2.23. The molecule has 1 aromatic carbocycles. The predicted molar refractivity (Wildman–Crippen MR) is 67.5 cm³/mol. The normalized spacial score (nSPS) is 12.9. The number of nitrogens with one attached hydrogen (secondary N) is 1. The van der Waals surface area contributed by atoms with Crippen LogP contribution in [0.5, 0.6) is 0 Å². The highest BCUT2D eigenvalue weighted by Gasteiger charge is 2.21. The fourth-order valence-corrected chi connectivity index (χ4v) is 1.50. The van der Waals surface area contributed by atoms with Crippen molar-refractivity contribution in [3.63, 3.8) is 0 Å². The number of nitrogens with two attached hydrogens (primary N) is 1. The number of carbonyl (C=O) groups excluding carboxylic acids is 1. The molecule has 0 radical (unpaired) electrons. The van der Waals surface area contributed by atoms with E-state index in [1.165, 1.54) is 6.07 Å². The minimum Gasteiger partial charge on any atom is -0.444 e. The molecule has 0 saturated heterocycles. The van der Waals surface area contributed by atoms with Crippen molar-refractivity contribution in [1.82, 2.24) is 5.32 Å². The second kappa shape index (κ2) is 5.97. The van der Waals surface area contributed by atoms with Gasteiger partial charge < -0.3 is 15.8 Å². The van der Waals surface area contributed by atoms with Gasteiger partial charge in [-0.25, -0.2) is 13.6 Å². The van der Waals surface area contributed by atoms with Crippen molar-refractivity contribution in [2.24, 2.45) is 5.73 Å². The molecular weight excluding hydrogens is 254 g/mol. The third-order valence-electron chi connectivity index (χ3n) is 2.26. The van der Waals surface area contributed by atoms with E-state index in [1.54, 1.807) is 20.8 Å². The average Bonchev–Trinajstić information content (AvgIpc) is 2.24. The number of hydrogen-bond acceptors (Lipinski definition) is 3. The molecule has 0 heterocycles.